The van der Waals surface area contributed by atoms with Crippen molar-refractivity contribution in [2.75, 3.05) is 6.61 Å². The molecule has 16 heavy (non-hydrogen) atoms. The molecule has 2 N–H and O–H groups in total. The van der Waals surface area contributed by atoms with Gasteiger partial charge in [-0.15, -0.1) is 0 Å². The average Bonchev–Trinajstić information content (AvgIpc) is 2.26. The highest BCUT2D eigenvalue weighted by Crippen LogP contribution is 2.27. The SMILES string of the molecule is CC(N)c1ccc(OC/C(Cl)=C/Cl)c(Cl)c1. The molecule has 0 aromatic heterocycles. The predicted molar refractivity (Wildman–Crippen MR) is 69.3 cm³/mol. The standard InChI is InChI=1S/C11H12Cl3NO/c1-7(15)8-2-3-11(10(14)4-8)16-6-9(13)5-12/h2-5,7H,6,15H2,1H3/b9-5-. The third kappa shape index (κ3) is 3.87. The van der Waals surface area contributed by atoms with Gasteiger partial charge in [0, 0.05) is 11.6 Å². The van der Waals surface area contributed by atoms with Crippen molar-refractivity contribution < 1.29 is 4.74 Å². The van der Waals surface area contributed by atoms with Crippen molar-refractivity contribution in [3.63, 3.8) is 0 Å². The number of ether oxygens (including phenoxy) is 1. The van der Waals surface area contributed by atoms with Gasteiger partial charge in [-0.05, 0) is 24.6 Å². The van der Waals surface area contributed by atoms with Gasteiger partial charge in [0.1, 0.15) is 12.4 Å². The molecule has 0 aliphatic rings. The van der Waals surface area contributed by atoms with Crippen LogP contribution in [0, 0.1) is 0 Å². The number of benzene rings is 1. The predicted octanol–water partition coefficient (Wildman–Crippen LogP) is 4.06. The molecule has 0 radical (unpaired) electrons. The monoisotopic (exact) mass is 279 g/mol. The minimum Gasteiger partial charge on any atom is -0.486 e. The summed E-state index contributed by atoms with van der Waals surface area (Å²) in [4.78, 5) is 0. The Hall–Kier alpha value is -0.410. The topological polar surface area (TPSA) is 35.2 Å². The molecule has 0 aliphatic heterocycles. The molecule has 1 unspecified atom stereocenters. The van der Waals surface area contributed by atoms with Crippen molar-refractivity contribution in [1.29, 1.82) is 0 Å². The Morgan fingerprint density at radius 3 is 2.75 bits per heavy atom. The quantitative estimate of drug-likeness (QED) is 0.903. The molecule has 0 spiro atoms. The number of hydrogen-bond acceptors (Lipinski definition) is 2. The van der Waals surface area contributed by atoms with Gasteiger partial charge in [0.2, 0.25) is 0 Å². The van der Waals surface area contributed by atoms with Crippen molar-refractivity contribution in [2.45, 2.75) is 13.0 Å². The third-order valence-electron chi connectivity index (χ3n) is 1.97. The van der Waals surface area contributed by atoms with E-state index in [1.807, 2.05) is 13.0 Å². The zero-order valence-electron chi connectivity index (χ0n) is 8.71. The van der Waals surface area contributed by atoms with Gasteiger partial charge < -0.3 is 10.5 Å². The largest absolute Gasteiger partial charge is 0.486 e. The molecule has 88 valence electrons. The van der Waals surface area contributed by atoms with E-state index in [9.17, 15) is 0 Å². The molecule has 0 aliphatic carbocycles. The van der Waals surface area contributed by atoms with Crippen molar-refractivity contribution >= 4 is 34.8 Å². The van der Waals surface area contributed by atoms with Crippen LogP contribution < -0.4 is 10.5 Å². The molecule has 1 rings (SSSR count). The molecule has 1 atom stereocenters. The number of hydrogen-bond donors (Lipinski definition) is 1. The van der Waals surface area contributed by atoms with E-state index in [-0.39, 0.29) is 12.6 Å². The zero-order valence-corrected chi connectivity index (χ0v) is 11.0. The second kappa shape index (κ2) is 6.36. The van der Waals surface area contributed by atoms with Gasteiger partial charge in [-0.3, -0.25) is 0 Å². The number of nitrogens with two attached hydrogens (primary N) is 1. The summed E-state index contributed by atoms with van der Waals surface area (Å²) in [6.45, 7) is 2.08. The summed E-state index contributed by atoms with van der Waals surface area (Å²) >= 11 is 17.1. The maximum absolute atomic E-state index is 6.02. The summed E-state index contributed by atoms with van der Waals surface area (Å²) in [7, 11) is 0. The maximum Gasteiger partial charge on any atom is 0.138 e. The fourth-order valence-electron chi connectivity index (χ4n) is 1.10. The van der Waals surface area contributed by atoms with Crippen LogP contribution in [0.1, 0.15) is 18.5 Å². The van der Waals surface area contributed by atoms with Crippen LogP contribution in [0.5, 0.6) is 5.75 Å². The smallest absolute Gasteiger partial charge is 0.138 e. The summed E-state index contributed by atoms with van der Waals surface area (Å²) in [5, 5.41) is 0.919. The summed E-state index contributed by atoms with van der Waals surface area (Å²) in [5.74, 6) is 0.558. The normalized spacial score (nSPS) is 13.7. The van der Waals surface area contributed by atoms with Crippen LogP contribution in [-0.4, -0.2) is 6.61 Å². The van der Waals surface area contributed by atoms with E-state index >= 15 is 0 Å². The fraction of sp³-hybridized carbons (Fsp3) is 0.273. The Bertz CT molecular complexity index is 391. The molecule has 2 nitrogen and oxygen atoms in total. The Balaban J connectivity index is 2.75. The van der Waals surface area contributed by atoms with Crippen LogP contribution in [0.4, 0.5) is 0 Å². The molecule has 1 aromatic rings. The van der Waals surface area contributed by atoms with Crippen LogP contribution in [0.15, 0.2) is 28.8 Å². The lowest BCUT2D eigenvalue weighted by atomic mass is 10.1. The number of rotatable bonds is 4. The van der Waals surface area contributed by atoms with Gasteiger partial charge in [0.05, 0.1) is 10.1 Å². The first-order valence-corrected chi connectivity index (χ1v) is 5.86. The summed E-state index contributed by atoms with van der Waals surface area (Å²) in [5.41, 5.74) is 7.94. The molecule has 1 aromatic carbocycles. The first-order chi connectivity index (χ1) is 7.54. The Kier molecular flexibility index (Phi) is 5.42. The minimum atomic E-state index is -0.0575. The van der Waals surface area contributed by atoms with E-state index < -0.39 is 0 Å². The van der Waals surface area contributed by atoms with Crippen molar-refractivity contribution in [3.8, 4) is 5.75 Å². The van der Waals surface area contributed by atoms with E-state index in [1.54, 1.807) is 12.1 Å². The van der Waals surface area contributed by atoms with Gasteiger partial charge in [-0.2, -0.15) is 0 Å². The average molecular weight is 281 g/mol. The van der Waals surface area contributed by atoms with Crippen molar-refractivity contribution in [3.05, 3.63) is 39.4 Å². The first kappa shape index (κ1) is 13.7. The van der Waals surface area contributed by atoms with E-state index in [4.69, 9.17) is 45.3 Å². The van der Waals surface area contributed by atoms with E-state index in [0.29, 0.717) is 15.8 Å². The zero-order chi connectivity index (χ0) is 12.1. The van der Waals surface area contributed by atoms with Gasteiger partial charge in [-0.25, -0.2) is 0 Å². The molecule has 0 heterocycles. The van der Waals surface area contributed by atoms with Crippen molar-refractivity contribution in [2.24, 2.45) is 5.73 Å². The van der Waals surface area contributed by atoms with Crippen LogP contribution in [-0.2, 0) is 0 Å². The van der Waals surface area contributed by atoms with Gasteiger partial charge in [-0.1, -0.05) is 40.9 Å². The van der Waals surface area contributed by atoms with Gasteiger partial charge in [0.25, 0.3) is 0 Å². The van der Waals surface area contributed by atoms with E-state index in [2.05, 4.69) is 0 Å². The van der Waals surface area contributed by atoms with E-state index in [1.165, 1.54) is 5.54 Å². The highest BCUT2D eigenvalue weighted by atomic mass is 35.5. The summed E-state index contributed by atoms with van der Waals surface area (Å²) < 4.78 is 5.37. The van der Waals surface area contributed by atoms with Gasteiger partial charge in [0.15, 0.2) is 0 Å². The third-order valence-corrected chi connectivity index (χ3v) is 2.85. The van der Waals surface area contributed by atoms with E-state index in [0.717, 1.165) is 5.56 Å². The Morgan fingerprint density at radius 1 is 1.56 bits per heavy atom. The minimum absolute atomic E-state index is 0.0575. The second-order valence-electron chi connectivity index (χ2n) is 3.32. The molecule has 0 saturated heterocycles. The van der Waals surface area contributed by atoms with Crippen LogP contribution in [0.25, 0.3) is 0 Å². The van der Waals surface area contributed by atoms with Gasteiger partial charge >= 0.3 is 0 Å². The second-order valence-corrected chi connectivity index (χ2v) is 4.43. The fourth-order valence-corrected chi connectivity index (χ4v) is 1.46. The Morgan fingerprint density at radius 2 is 2.25 bits per heavy atom. The summed E-state index contributed by atoms with van der Waals surface area (Å²) in [6.07, 6.45) is 0. The Labute approximate surface area is 110 Å². The first-order valence-electron chi connectivity index (χ1n) is 4.67. The molecule has 0 saturated carbocycles. The molecule has 0 amide bonds. The summed E-state index contributed by atoms with van der Waals surface area (Å²) in [6, 6.07) is 5.35. The van der Waals surface area contributed by atoms with Crippen LogP contribution in [0.2, 0.25) is 5.02 Å². The maximum atomic E-state index is 6.02. The highest BCUT2D eigenvalue weighted by Gasteiger charge is 2.06. The molecule has 0 bridgehead atoms. The van der Waals surface area contributed by atoms with Crippen LogP contribution in [0.3, 0.4) is 0 Å². The lowest BCUT2D eigenvalue weighted by Gasteiger charge is -2.10. The molecule has 5 heteroatoms. The molecule has 0 fully saturated rings. The molecular formula is C11H12Cl3NO. The van der Waals surface area contributed by atoms with Crippen LogP contribution >= 0.6 is 34.8 Å². The lowest BCUT2D eigenvalue weighted by Crippen LogP contribution is -2.05. The van der Waals surface area contributed by atoms with Crippen molar-refractivity contribution in [1.82, 2.24) is 0 Å². The molecular weight excluding hydrogens is 268 g/mol. The highest BCUT2D eigenvalue weighted by molar-refractivity contribution is 6.36. The number of halogens is 3. The lowest BCUT2D eigenvalue weighted by molar-refractivity contribution is 0.359.